The molecule has 2 aromatic rings. The first-order chi connectivity index (χ1) is 13.1. The zero-order valence-electron chi connectivity index (χ0n) is 16.0. The fraction of sp³-hybridized carbons (Fsp3) is 0.579. The summed E-state index contributed by atoms with van der Waals surface area (Å²) in [5.41, 5.74) is 0.545. The highest BCUT2D eigenvalue weighted by molar-refractivity contribution is 5.94. The molecule has 8 nitrogen and oxygen atoms in total. The largest absolute Gasteiger partial charge is 0.361 e. The minimum atomic E-state index is -0.0195. The lowest BCUT2D eigenvalue weighted by atomic mass is 10.0. The first-order valence-corrected chi connectivity index (χ1v) is 9.69. The van der Waals surface area contributed by atoms with Gasteiger partial charge < -0.3 is 19.2 Å². The Balaban J connectivity index is 1.37. The van der Waals surface area contributed by atoms with Gasteiger partial charge in [0.05, 0.1) is 6.20 Å². The lowest BCUT2D eigenvalue weighted by Gasteiger charge is -2.36. The Hall–Kier alpha value is -2.64. The van der Waals surface area contributed by atoms with Gasteiger partial charge in [0.1, 0.15) is 11.3 Å². The summed E-state index contributed by atoms with van der Waals surface area (Å²) >= 11 is 0. The second kappa shape index (κ2) is 7.54. The molecule has 1 atom stereocenters. The molecule has 2 aliphatic heterocycles. The van der Waals surface area contributed by atoms with Gasteiger partial charge >= 0.3 is 0 Å². The second-order valence-electron chi connectivity index (χ2n) is 7.36. The van der Waals surface area contributed by atoms with Gasteiger partial charge in [0, 0.05) is 38.8 Å². The van der Waals surface area contributed by atoms with Crippen molar-refractivity contribution in [3.05, 3.63) is 29.7 Å². The Kier molecular flexibility index (Phi) is 4.96. The van der Waals surface area contributed by atoms with Crippen molar-refractivity contribution in [1.82, 2.24) is 20.3 Å². The summed E-state index contributed by atoms with van der Waals surface area (Å²) in [4.78, 5) is 18.9. The molecule has 0 bridgehead atoms. The molecule has 4 heterocycles. The third-order valence-corrected chi connectivity index (χ3v) is 5.61. The summed E-state index contributed by atoms with van der Waals surface area (Å²) in [7, 11) is 0. The highest BCUT2D eigenvalue weighted by atomic mass is 16.5. The molecule has 27 heavy (non-hydrogen) atoms. The smallest absolute Gasteiger partial charge is 0.259 e. The van der Waals surface area contributed by atoms with Crippen molar-refractivity contribution in [2.75, 3.05) is 42.5 Å². The van der Waals surface area contributed by atoms with E-state index in [9.17, 15) is 4.79 Å². The molecule has 8 heteroatoms. The van der Waals surface area contributed by atoms with Crippen LogP contribution in [0.1, 0.15) is 42.3 Å². The van der Waals surface area contributed by atoms with Gasteiger partial charge in [-0.05, 0) is 45.2 Å². The van der Waals surface area contributed by atoms with Crippen LogP contribution in [0.2, 0.25) is 0 Å². The van der Waals surface area contributed by atoms with Crippen LogP contribution in [0.4, 0.5) is 11.6 Å². The van der Waals surface area contributed by atoms with Crippen molar-refractivity contribution in [1.29, 1.82) is 0 Å². The molecule has 1 unspecified atom stereocenters. The van der Waals surface area contributed by atoms with E-state index < -0.39 is 0 Å². The Morgan fingerprint density at radius 1 is 1.07 bits per heavy atom. The molecule has 0 aromatic carbocycles. The van der Waals surface area contributed by atoms with Gasteiger partial charge in [-0.1, -0.05) is 5.16 Å². The van der Waals surface area contributed by atoms with Crippen molar-refractivity contribution < 1.29 is 9.32 Å². The van der Waals surface area contributed by atoms with Crippen LogP contribution in [-0.4, -0.2) is 64.9 Å². The molecule has 2 aromatic heterocycles. The maximum atomic E-state index is 12.5. The topological polar surface area (TPSA) is 78.6 Å². The molecule has 144 valence electrons. The van der Waals surface area contributed by atoms with Gasteiger partial charge in [0.15, 0.2) is 11.6 Å². The number of aryl methyl sites for hydroxylation is 1. The van der Waals surface area contributed by atoms with Gasteiger partial charge in [-0.3, -0.25) is 4.79 Å². The summed E-state index contributed by atoms with van der Waals surface area (Å²) in [5.74, 6) is 2.38. The van der Waals surface area contributed by atoms with Crippen molar-refractivity contribution in [3.8, 4) is 0 Å². The van der Waals surface area contributed by atoms with Crippen molar-refractivity contribution in [2.24, 2.45) is 0 Å². The lowest BCUT2D eigenvalue weighted by molar-refractivity contribution is 0.0744. The number of piperazine rings is 1. The number of rotatable bonds is 3. The van der Waals surface area contributed by atoms with E-state index in [4.69, 9.17) is 4.52 Å². The van der Waals surface area contributed by atoms with Crippen LogP contribution in [0.25, 0.3) is 0 Å². The normalized spacial score (nSPS) is 20.8. The number of hydrogen-bond acceptors (Lipinski definition) is 7. The second-order valence-corrected chi connectivity index (χ2v) is 7.36. The molecular formula is C19H26N6O2. The van der Waals surface area contributed by atoms with Gasteiger partial charge in [0.25, 0.3) is 5.91 Å². The number of amides is 1. The first-order valence-electron chi connectivity index (χ1n) is 9.69. The summed E-state index contributed by atoms with van der Waals surface area (Å²) in [6.07, 6.45) is 5.22. The molecule has 2 fully saturated rings. The van der Waals surface area contributed by atoms with Crippen molar-refractivity contribution >= 4 is 17.5 Å². The van der Waals surface area contributed by atoms with Crippen molar-refractivity contribution in [2.45, 2.75) is 39.2 Å². The third-order valence-electron chi connectivity index (χ3n) is 5.61. The number of nitrogens with zero attached hydrogens (tertiary/aromatic N) is 6. The van der Waals surface area contributed by atoms with Crippen LogP contribution in [0.15, 0.2) is 22.9 Å². The minimum Gasteiger partial charge on any atom is -0.361 e. The SMILES string of the molecule is Cc1oncc1C(=O)N1CCN(c2ccc(N3CCCCC3C)nn2)CC1. The average molecular weight is 370 g/mol. The molecule has 0 spiro atoms. The summed E-state index contributed by atoms with van der Waals surface area (Å²) in [6.45, 7) is 7.85. The third kappa shape index (κ3) is 3.61. The Morgan fingerprint density at radius 3 is 2.44 bits per heavy atom. The highest BCUT2D eigenvalue weighted by Crippen LogP contribution is 2.24. The predicted octanol–water partition coefficient (Wildman–Crippen LogP) is 2.11. The number of carbonyl (C=O) groups excluding carboxylic acids is 1. The monoisotopic (exact) mass is 370 g/mol. The molecule has 4 rings (SSSR count). The molecular weight excluding hydrogens is 344 g/mol. The standard InChI is InChI=1S/C19H26N6O2/c1-14-5-3-4-8-25(14)18-7-6-17(21-22-18)23-9-11-24(12-10-23)19(26)16-13-20-27-15(16)2/h6-7,13-14H,3-5,8-12H2,1-2H3. The van der Waals surface area contributed by atoms with E-state index in [1.165, 1.54) is 25.5 Å². The van der Waals surface area contributed by atoms with Crippen molar-refractivity contribution in [3.63, 3.8) is 0 Å². The predicted molar refractivity (Wildman–Crippen MR) is 102 cm³/mol. The number of hydrogen-bond donors (Lipinski definition) is 0. The van der Waals surface area contributed by atoms with Crippen LogP contribution in [0.5, 0.6) is 0 Å². The molecule has 1 amide bonds. The molecule has 2 saturated heterocycles. The van der Waals surface area contributed by atoms with Gasteiger partial charge in [-0.25, -0.2) is 0 Å². The van der Waals surface area contributed by atoms with E-state index >= 15 is 0 Å². The maximum Gasteiger partial charge on any atom is 0.259 e. The summed E-state index contributed by atoms with van der Waals surface area (Å²) < 4.78 is 5.01. The van der Waals surface area contributed by atoms with Crippen LogP contribution in [0.3, 0.4) is 0 Å². The van der Waals surface area contributed by atoms with Gasteiger partial charge in [-0.2, -0.15) is 0 Å². The lowest BCUT2D eigenvalue weighted by Crippen LogP contribution is -2.49. The van der Waals surface area contributed by atoms with Crippen LogP contribution < -0.4 is 9.80 Å². The Labute approximate surface area is 159 Å². The zero-order valence-corrected chi connectivity index (χ0v) is 16.0. The van der Waals surface area contributed by atoms with E-state index in [1.807, 2.05) is 11.0 Å². The van der Waals surface area contributed by atoms with E-state index in [0.717, 1.165) is 31.3 Å². The van der Waals surface area contributed by atoms with E-state index in [1.54, 1.807) is 6.92 Å². The quantitative estimate of drug-likeness (QED) is 0.819. The Bertz CT molecular complexity index is 782. The fourth-order valence-electron chi connectivity index (χ4n) is 3.89. The maximum absolute atomic E-state index is 12.5. The number of piperidine rings is 1. The van der Waals surface area contributed by atoms with Crippen LogP contribution in [0, 0.1) is 6.92 Å². The highest BCUT2D eigenvalue weighted by Gasteiger charge is 2.26. The first kappa shape index (κ1) is 17.8. The average Bonchev–Trinajstić information content (AvgIpc) is 3.14. The number of anilines is 2. The molecule has 0 saturated carbocycles. The van der Waals surface area contributed by atoms with E-state index in [2.05, 4.69) is 38.1 Å². The molecule has 0 aliphatic carbocycles. The number of aromatic nitrogens is 3. The molecule has 2 aliphatic rings. The zero-order chi connectivity index (χ0) is 18.8. The minimum absolute atomic E-state index is 0.0195. The fourth-order valence-corrected chi connectivity index (χ4v) is 3.89. The van der Waals surface area contributed by atoms with Crippen LogP contribution >= 0.6 is 0 Å². The molecule has 0 radical (unpaired) electrons. The summed E-state index contributed by atoms with van der Waals surface area (Å²) in [5, 5.41) is 12.6. The Morgan fingerprint density at radius 2 is 1.81 bits per heavy atom. The number of carbonyl (C=O) groups is 1. The van der Waals surface area contributed by atoms with Crippen LogP contribution in [-0.2, 0) is 0 Å². The summed E-state index contributed by atoms with van der Waals surface area (Å²) in [6, 6.07) is 4.64. The van der Waals surface area contributed by atoms with Gasteiger partial charge in [-0.15, -0.1) is 10.2 Å². The van der Waals surface area contributed by atoms with E-state index in [0.29, 0.717) is 30.5 Å². The molecule has 0 N–H and O–H groups in total. The van der Waals surface area contributed by atoms with E-state index in [-0.39, 0.29) is 5.91 Å². The van der Waals surface area contributed by atoms with Gasteiger partial charge in [0.2, 0.25) is 0 Å².